The molecule has 0 spiro atoms. The third-order valence-corrected chi connectivity index (χ3v) is 4.73. The molecule has 1 aromatic heterocycles. The first-order valence-corrected chi connectivity index (χ1v) is 8.79. The lowest BCUT2D eigenvalue weighted by Crippen LogP contribution is -2.30. The van der Waals surface area contributed by atoms with Gasteiger partial charge in [-0.2, -0.15) is 0 Å². The normalized spacial score (nSPS) is 15.5. The summed E-state index contributed by atoms with van der Waals surface area (Å²) in [6.07, 6.45) is 1.55. The van der Waals surface area contributed by atoms with Crippen molar-refractivity contribution in [2.24, 2.45) is 0 Å². The summed E-state index contributed by atoms with van der Waals surface area (Å²) in [5, 5.41) is 15.6. The van der Waals surface area contributed by atoms with Crippen molar-refractivity contribution in [1.82, 2.24) is 9.88 Å². The van der Waals surface area contributed by atoms with Gasteiger partial charge in [0.05, 0.1) is 11.8 Å². The van der Waals surface area contributed by atoms with Gasteiger partial charge in [0.15, 0.2) is 5.13 Å². The van der Waals surface area contributed by atoms with Crippen LogP contribution in [0.1, 0.15) is 37.1 Å². The number of benzene rings is 1. The van der Waals surface area contributed by atoms with Gasteiger partial charge in [-0.05, 0) is 30.5 Å². The first kappa shape index (κ1) is 17.0. The molecule has 2 N–H and O–H groups in total. The SMILES string of the molecule is CC(=O)Nc1nc(CN(CC(O)c2ccc(F)cc2)C2CC2)cs1. The summed E-state index contributed by atoms with van der Waals surface area (Å²) in [6, 6.07) is 6.40. The molecule has 2 aromatic rings. The lowest BCUT2D eigenvalue weighted by Gasteiger charge is -2.24. The summed E-state index contributed by atoms with van der Waals surface area (Å²) in [5.41, 5.74) is 1.58. The second-order valence-corrected chi connectivity index (χ2v) is 6.91. The molecular weight excluding hydrogens is 329 g/mol. The number of thiazole rings is 1. The average Bonchev–Trinajstić information content (AvgIpc) is 3.29. The van der Waals surface area contributed by atoms with Gasteiger partial charge in [0, 0.05) is 31.4 Å². The number of nitrogens with one attached hydrogen (secondary N) is 1. The molecule has 1 aromatic carbocycles. The van der Waals surface area contributed by atoms with E-state index in [9.17, 15) is 14.3 Å². The van der Waals surface area contributed by atoms with Crippen LogP contribution in [-0.2, 0) is 11.3 Å². The summed E-state index contributed by atoms with van der Waals surface area (Å²) in [5.74, 6) is -0.445. The van der Waals surface area contributed by atoms with Crippen LogP contribution in [0.15, 0.2) is 29.6 Å². The van der Waals surface area contributed by atoms with Gasteiger partial charge in [-0.3, -0.25) is 9.69 Å². The van der Waals surface area contributed by atoms with Crippen LogP contribution < -0.4 is 5.32 Å². The van der Waals surface area contributed by atoms with E-state index in [4.69, 9.17) is 0 Å². The summed E-state index contributed by atoms with van der Waals surface area (Å²) in [6.45, 7) is 2.55. The Morgan fingerprint density at radius 3 is 2.79 bits per heavy atom. The molecule has 0 radical (unpaired) electrons. The van der Waals surface area contributed by atoms with E-state index < -0.39 is 6.10 Å². The van der Waals surface area contributed by atoms with Crippen molar-refractivity contribution in [3.05, 3.63) is 46.7 Å². The molecule has 1 atom stereocenters. The lowest BCUT2D eigenvalue weighted by atomic mass is 10.1. The topological polar surface area (TPSA) is 65.5 Å². The quantitative estimate of drug-likeness (QED) is 0.807. The van der Waals surface area contributed by atoms with Crippen LogP contribution in [0, 0.1) is 5.82 Å². The van der Waals surface area contributed by atoms with E-state index in [1.807, 2.05) is 5.38 Å². The number of halogens is 1. The largest absolute Gasteiger partial charge is 0.387 e. The van der Waals surface area contributed by atoms with Crippen LogP contribution in [0.4, 0.5) is 9.52 Å². The summed E-state index contributed by atoms with van der Waals surface area (Å²) in [7, 11) is 0. The van der Waals surface area contributed by atoms with Gasteiger partial charge in [0.2, 0.25) is 5.91 Å². The Morgan fingerprint density at radius 1 is 1.46 bits per heavy atom. The van der Waals surface area contributed by atoms with E-state index in [1.165, 1.54) is 30.4 Å². The van der Waals surface area contributed by atoms with Gasteiger partial charge in [-0.25, -0.2) is 9.37 Å². The molecule has 1 aliphatic rings. The van der Waals surface area contributed by atoms with Gasteiger partial charge in [0.25, 0.3) is 0 Å². The van der Waals surface area contributed by atoms with E-state index in [-0.39, 0.29) is 11.7 Å². The van der Waals surface area contributed by atoms with E-state index in [0.29, 0.717) is 29.8 Å². The fourth-order valence-electron chi connectivity index (χ4n) is 2.59. The third-order valence-electron chi connectivity index (χ3n) is 3.93. The monoisotopic (exact) mass is 349 g/mol. The minimum Gasteiger partial charge on any atom is -0.387 e. The van der Waals surface area contributed by atoms with Crippen LogP contribution in [0.5, 0.6) is 0 Å². The molecule has 1 amide bonds. The standard InChI is InChI=1S/C17H20FN3O2S/c1-11(22)19-17-20-14(10-24-17)8-21(15-6-7-15)9-16(23)12-2-4-13(18)5-3-12/h2-5,10,15-16,23H,6-9H2,1H3,(H,19,20,22). The molecule has 24 heavy (non-hydrogen) atoms. The number of rotatable bonds is 7. The van der Waals surface area contributed by atoms with Crippen LogP contribution in [-0.4, -0.2) is 33.5 Å². The summed E-state index contributed by atoms with van der Waals surface area (Å²) >= 11 is 1.39. The Balaban J connectivity index is 1.63. The maximum atomic E-state index is 13.0. The van der Waals surface area contributed by atoms with Crippen molar-refractivity contribution in [2.45, 2.75) is 38.5 Å². The molecule has 0 bridgehead atoms. The van der Waals surface area contributed by atoms with E-state index in [0.717, 1.165) is 18.5 Å². The maximum absolute atomic E-state index is 13.0. The van der Waals surface area contributed by atoms with Crippen molar-refractivity contribution in [2.75, 3.05) is 11.9 Å². The number of carbonyl (C=O) groups is 1. The lowest BCUT2D eigenvalue weighted by molar-refractivity contribution is -0.114. The van der Waals surface area contributed by atoms with Crippen molar-refractivity contribution in [1.29, 1.82) is 0 Å². The van der Waals surface area contributed by atoms with Crippen molar-refractivity contribution >= 4 is 22.4 Å². The second kappa shape index (κ2) is 7.38. The number of aliphatic hydroxyl groups is 1. The van der Waals surface area contributed by atoms with E-state index in [2.05, 4.69) is 15.2 Å². The van der Waals surface area contributed by atoms with Crippen LogP contribution >= 0.6 is 11.3 Å². The summed E-state index contributed by atoms with van der Waals surface area (Å²) in [4.78, 5) is 17.7. The van der Waals surface area contributed by atoms with Crippen LogP contribution in [0.3, 0.4) is 0 Å². The Kier molecular flexibility index (Phi) is 5.23. The molecule has 128 valence electrons. The fourth-order valence-corrected chi connectivity index (χ4v) is 3.34. The number of hydrogen-bond donors (Lipinski definition) is 2. The number of anilines is 1. The number of aliphatic hydroxyl groups excluding tert-OH is 1. The number of carbonyl (C=O) groups excluding carboxylic acids is 1. The molecule has 7 heteroatoms. The minimum atomic E-state index is -0.667. The van der Waals surface area contributed by atoms with Crippen LogP contribution in [0.2, 0.25) is 0 Å². The van der Waals surface area contributed by atoms with E-state index in [1.54, 1.807) is 12.1 Å². The first-order valence-electron chi connectivity index (χ1n) is 7.91. The predicted octanol–water partition coefficient (Wildman–Crippen LogP) is 2.94. The molecule has 1 saturated carbocycles. The molecule has 1 unspecified atom stereocenters. The van der Waals surface area contributed by atoms with Crippen molar-refractivity contribution < 1.29 is 14.3 Å². The second-order valence-electron chi connectivity index (χ2n) is 6.05. The highest BCUT2D eigenvalue weighted by molar-refractivity contribution is 7.13. The number of amides is 1. The molecule has 3 rings (SSSR count). The Bertz CT molecular complexity index is 700. The van der Waals surface area contributed by atoms with Gasteiger partial charge >= 0.3 is 0 Å². The average molecular weight is 349 g/mol. The zero-order chi connectivity index (χ0) is 17.1. The molecule has 1 heterocycles. The number of aromatic nitrogens is 1. The molecule has 5 nitrogen and oxygen atoms in total. The van der Waals surface area contributed by atoms with Gasteiger partial charge in [0.1, 0.15) is 5.82 Å². The van der Waals surface area contributed by atoms with Gasteiger partial charge in [-0.15, -0.1) is 11.3 Å². The smallest absolute Gasteiger partial charge is 0.223 e. The Morgan fingerprint density at radius 2 is 2.17 bits per heavy atom. The number of hydrogen-bond acceptors (Lipinski definition) is 5. The predicted molar refractivity (Wildman–Crippen MR) is 91.2 cm³/mol. The van der Waals surface area contributed by atoms with E-state index >= 15 is 0 Å². The molecule has 0 saturated heterocycles. The molecular formula is C17H20FN3O2S. The van der Waals surface area contributed by atoms with Gasteiger partial charge in [-0.1, -0.05) is 12.1 Å². The minimum absolute atomic E-state index is 0.137. The zero-order valence-electron chi connectivity index (χ0n) is 13.4. The molecule has 1 fully saturated rings. The van der Waals surface area contributed by atoms with Crippen molar-refractivity contribution in [3.63, 3.8) is 0 Å². The highest BCUT2D eigenvalue weighted by Gasteiger charge is 2.31. The third kappa shape index (κ3) is 4.59. The zero-order valence-corrected chi connectivity index (χ0v) is 14.2. The maximum Gasteiger partial charge on any atom is 0.223 e. The Hall–Kier alpha value is -1.83. The number of nitrogens with zero attached hydrogens (tertiary/aromatic N) is 2. The molecule has 1 aliphatic carbocycles. The highest BCUT2D eigenvalue weighted by atomic mass is 32.1. The molecule has 0 aliphatic heterocycles. The first-order chi connectivity index (χ1) is 11.5. The Labute approximate surface area is 144 Å². The summed E-state index contributed by atoms with van der Waals surface area (Å²) < 4.78 is 13.0. The van der Waals surface area contributed by atoms with Crippen molar-refractivity contribution in [3.8, 4) is 0 Å². The fraction of sp³-hybridized carbons (Fsp3) is 0.412. The van der Waals surface area contributed by atoms with Gasteiger partial charge < -0.3 is 10.4 Å². The van der Waals surface area contributed by atoms with Crippen LogP contribution in [0.25, 0.3) is 0 Å². The highest BCUT2D eigenvalue weighted by Crippen LogP contribution is 2.31.